The number of thiazole rings is 1. The van der Waals surface area contributed by atoms with Gasteiger partial charge in [-0.15, -0.1) is 10.2 Å². The molecule has 0 saturated carbocycles. The molecule has 2 aromatic heterocycles. The van der Waals surface area contributed by atoms with Gasteiger partial charge in [0.25, 0.3) is 0 Å². The summed E-state index contributed by atoms with van der Waals surface area (Å²) < 4.78 is 16.4. The molecule has 4 rings (SSSR count). The zero-order valence-electron chi connectivity index (χ0n) is 13.3. The van der Waals surface area contributed by atoms with E-state index >= 15 is 0 Å². The minimum Gasteiger partial charge on any atom is -0.314 e. The summed E-state index contributed by atoms with van der Waals surface area (Å²) in [6.07, 6.45) is 1.48. The van der Waals surface area contributed by atoms with Crippen molar-refractivity contribution in [3.05, 3.63) is 35.2 Å². The minimum absolute atomic E-state index is 0.0648. The lowest BCUT2D eigenvalue weighted by Gasteiger charge is -2.22. The molecule has 0 fully saturated rings. The molecule has 3 heterocycles. The van der Waals surface area contributed by atoms with Crippen molar-refractivity contribution in [2.75, 3.05) is 5.32 Å². The van der Waals surface area contributed by atoms with Gasteiger partial charge in [0.15, 0.2) is 5.13 Å². The molecule has 1 unspecified atom stereocenters. The molecule has 0 bridgehead atoms. The molecule has 1 N–H and O–H groups in total. The number of amides is 1. The first-order valence-corrected chi connectivity index (χ1v) is 8.59. The van der Waals surface area contributed by atoms with Crippen molar-refractivity contribution in [1.82, 2.24) is 19.7 Å². The van der Waals surface area contributed by atoms with Gasteiger partial charge in [0, 0.05) is 13.0 Å². The molecule has 1 aromatic carbocycles. The topological polar surface area (TPSA) is 72.7 Å². The lowest BCUT2D eigenvalue weighted by molar-refractivity contribution is -0.120. The Hall–Kier alpha value is -2.35. The van der Waals surface area contributed by atoms with Crippen molar-refractivity contribution in [1.29, 1.82) is 0 Å². The van der Waals surface area contributed by atoms with Crippen LogP contribution in [0.2, 0.25) is 0 Å². The number of fused-ring (bicyclic) bond motifs is 2. The Labute approximate surface area is 141 Å². The van der Waals surface area contributed by atoms with E-state index in [1.165, 1.54) is 17.4 Å². The minimum atomic E-state index is -0.257. The van der Waals surface area contributed by atoms with Gasteiger partial charge < -0.3 is 9.88 Å². The van der Waals surface area contributed by atoms with E-state index in [-0.39, 0.29) is 17.6 Å². The van der Waals surface area contributed by atoms with Crippen molar-refractivity contribution in [3.8, 4) is 0 Å². The first kappa shape index (κ1) is 15.2. The smallest absolute Gasteiger partial charge is 0.231 e. The number of rotatable bonds is 2. The summed E-state index contributed by atoms with van der Waals surface area (Å²) in [5, 5.41) is 11.6. The van der Waals surface area contributed by atoms with Gasteiger partial charge in [-0.1, -0.05) is 11.3 Å². The summed E-state index contributed by atoms with van der Waals surface area (Å²) in [6, 6.07) is 3.16. The number of anilines is 1. The molecule has 124 valence electrons. The van der Waals surface area contributed by atoms with Crippen molar-refractivity contribution in [2.45, 2.75) is 33.2 Å². The zero-order valence-corrected chi connectivity index (χ0v) is 14.2. The number of halogens is 1. The van der Waals surface area contributed by atoms with Crippen LogP contribution in [-0.2, 0) is 17.8 Å². The predicted molar refractivity (Wildman–Crippen MR) is 89.5 cm³/mol. The Kier molecular flexibility index (Phi) is 3.56. The third-order valence-electron chi connectivity index (χ3n) is 4.40. The summed E-state index contributed by atoms with van der Waals surface area (Å²) >= 11 is 1.29. The van der Waals surface area contributed by atoms with E-state index in [0.717, 1.165) is 29.2 Å². The highest BCUT2D eigenvalue weighted by molar-refractivity contribution is 7.22. The molecular weight excluding hydrogens is 329 g/mol. The van der Waals surface area contributed by atoms with Gasteiger partial charge in [0.2, 0.25) is 5.91 Å². The van der Waals surface area contributed by atoms with Crippen LogP contribution >= 0.6 is 11.3 Å². The molecule has 3 aromatic rings. The van der Waals surface area contributed by atoms with E-state index < -0.39 is 0 Å². The summed E-state index contributed by atoms with van der Waals surface area (Å²) in [5.41, 5.74) is 1.25. The fraction of sp³-hybridized carbons (Fsp3) is 0.375. The van der Waals surface area contributed by atoms with Crippen LogP contribution in [0.3, 0.4) is 0 Å². The van der Waals surface area contributed by atoms with Crippen LogP contribution < -0.4 is 5.32 Å². The quantitative estimate of drug-likeness (QED) is 0.775. The molecule has 1 aliphatic rings. The molecule has 0 saturated heterocycles. The van der Waals surface area contributed by atoms with Crippen molar-refractivity contribution in [3.63, 3.8) is 0 Å². The maximum atomic E-state index is 13.6. The van der Waals surface area contributed by atoms with Crippen molar-refractivity contribution < 1.29 is 9.18 Å². The summed E-state index contributed by atoms with van der Waals surface area (Å²) in [7, 11) is 0. The third kappa shape index (κ3) is 2.56. The number of nitrogens with zero attached hydrogens (tertiary/aromatic N) is 4. The molecule has 1 amide bonds. The average Bonchev–Trinajstić information content (AvgIpc) is 3.11. The van der Waals surface area contributed by atoms with E-state index in [0.29, 0.717) is 22.8 Å². The van der Waals surface area contributed by atoms with E-state index in [1.807, 2.05) is 11.5 Å². The summed E-state index contributed by atoms with van der Waals surface area (Å²) in [6.45, 7) is 4.17. The highest BCUT2D eigenvalue weighted by Crippen LogP contribution is 2.29. The highest BCUT2D eigenvalue weighted by atomic mass is 32.1. The lowest BCUT2D eigenvalue weighted by Crippen LogP contribution is -2.31. The first-order valence-electron chi connectivity index (χ1n) is 7.77. The van der Waals surface area contributed by atoms with Crippen LogP contribution in [0.5, 0.6) is 0 Å². The Balaban J connectivity index is 1.53. The second-order valence-electron chi connectivity index (χ2n) is 6.09. The van der Waals surface area contributed by atoms with E-state index in [2.05, 4.69) is 20.5 Å². The van der Waals surface area contributed by atoms with Crippen LogP contribution in [-0.4, -0.2) is 25.7 Å². The van der Waals surface area contributed by atoms with E-state index in [1.54, 1.807) is 13.0 Å². The maximum absolute atomic E-state index is 13.6. The molecule has 0 radical (unpaired) electrons. The van der Waals surface area contributed by atoms with Gasteiger partial charge in [-0.25, -0.2) is 9.37 Å². The fourth-order valence-corrected chi connectivity index (χ4v) is 3.87. The molecule has 1 aliphatic heterocycles. The number of hydrogen-bond acceptors (Lipinski definition) is 5. The van der Waals surface area contributed by atoms with Crippen LogP contribution in [0.1, 0.15) is 23.6 Å². The second kappa shape index (κ2) is 5.62. The molecule has 6 nitrogen and oxygen atoms in total. The van der Waals surface area contributed by atoms with Gasteiger partial charge in [-0.3, -0.25) is 4.79 Å². The number of nitrogens with one attached hydrogen (secondary N) is 1. The molecule has 0 spiro atoms. The number of aromatic nitrogens is 4. The van der Waals surface area contributed by atoms with E-state index in [4.69, 9.17) is 0 Å². The van der Waals surface area contributed by atoms with Crippen LogP contribution in [0, 0.1) is 25.6 Å². The standard InChI is InChI=1S/C16H16FN5OS/c1-8-5-12-13(6-11(8)17)24-16(18-12)19-15(23)10-3-4-14-21-20-9(2)22(14)7-10/h5-6,10H,3-4,7H2,1-2H3,(H,18,19,23). The molecule has 0 aliphatic carbocycles. The number of benzene rings is 1. The number of hydrogen-bond donors (Lipinski definition) is 1. The Bertz CT molecular complexity index is 908. The Morgan fingerprint density at radius 3 is 3.04 bits per heavy atom. The summed E-state index contributed by atoms with van der Waals surface area (Å²) in [4.78, 5) is 16.9. The lowest BCUT2D eigenvalue weighted by atomic mass is 9.98. The molecule has 8 heteroatoms. The summed E-state index contributed by atoms with van der Waals surface area (Å²) in [5.74, 6) is 1.30. The van der Waals surface area contributed by atoms with Crippen LogP contribution in [0.25, 0.3) is 10.2 Å². The van der Waals surface area contributed by atoms with Gasteiger partial charge in [0.1, 0.15) is 17.5 Å². The number of carbonyl (C=O) groups excluding carboxylic acids is 1. The average molecular weight is 345 g/mol. The van der Waals surface area contributed by atoms with Gasteiger partial charge in [-0.2, -0.15) is 0 Å². The SMILES string of the molecule is Cc1cc2nc(NC(=O)C3CCc4nnc(C)n4C3)sc2cc1F. The largest absolute Gasteiger partial charge is 0.314 e. The fourth-order valence-electron chi connectivity index (χ4n) is 2.99. The van der Waals surface area contributed by atoms with Crippen LogP contribution in [0.15, 0.2) is 12.1 Å². The number of carbonyl (C=O) groups is 1. The highest BCUT2D eigenvalue weighted by Gasteiger charge is 2.27. The molecule has 24 heavy (non-hydrogen) atoms. The molecule has 1 atom stereocenters. The van der Waals surface area contributed by atoms with Crippen molar-refractivity contribution >= 4 is 32.6 Å². The van der Waals surface area contributed by atoms with E-state index in [9.17, 15) is 9.18 Å². The van der Waals surface area contributed by atoms with Gasteiger partial charge >= 0.3 is 0 Å². The Morgan fingerprint density at radius 2 is 2.21 bits per heavy atom. The first-order chi connectivity index (χ1) is 11.5. The monoisotopic (exact) mass is 345 g/mol. The normalized spacial score (nSPS) is 17.0. The Morgan fingerprint density at radius 1 is 1.38 bits per heavy atom. The van der Waals surface area contributed by atoms with Crippen LogP contribution in [0.4, 0.5) is 9.52 Å². The number of aryl methyl sites for hydroxylation is 3. The molecular formula is C16H16FN5OS. The second-order valence-corrected chi connectivity index (χ2v) is 7.12. The van der Waals surface area contributed by atoms with Gasteiger partial charge in [0.05, 0.1) is 16.1 Å². The van der Waals surface area contributed by atoms with Gasteiger partial charge in [-0.05, 0) is 38.0 Å². The third-order valence-corrected chi connectivity index (χ3v) is 5.34. The van der Waals surface area contributed by atoms with Crippen molar-refractivity contribution in [2.24, 2.45) is 5.92 Å². The zero-order chi connectivity index (χ0) is 16.8. The maximum Gasteiger partial charge on any atom is 0.231 e. The predicted octanol–water partition coefficient (Wildman–Crippen LogP) is 2.84.